The van der Waals surface area contributed by atoms with Crippen molar-refractivity contribution < 1.29 is 4.92 Å². The van der Waals surface area contributed by atoms with E-state index in [0.717, 1.165) is 11.3 Å². The van der Waals surface area contributed by atoms with Crippen LogP contribution in [0.4, 0.5) is 23.0 Å². The Morgan fingerprint density at radius 1 is 1.29 bits per heavy atom. The quantitative estimate of drug-likeness (QED) is 0.646. The number of aromatic nitrogens is 1. The lowest BCUT2D eigenvalue weighted by Gasteiger charge is -2.08. The van der Waals surface area contributed by atoms with Crippen LogP contribution >= 0.6 is 0 Å². The smallest absolute Gasteiger partial charge is 0.276 e. The summed E-state index contributed by atoms with van der Waals surface area (Å²) in [4.78, 5) is 14.6. The van der Waals surface area contributed by atoms with E-state index in [0.29, 0.717) is 18.1 Å². The Hall–Kier alpha value is -3.14. The van der Waals surface area contributed by atoms with Gasteiger partial charge in [0.15, 0.2) is 0 Å². The van der Waals surface area contributed by atoms with Gasteiger partial charge in [-0.05, 0) is 17.7 Å². The fourth-order valence-corrected chi connectivity index (χ4v) is 1.76. The largest absolute Gasteiger partial charge is 0.373 e. The van der Waals surface area contributed by atoms with Crippen LogP contribution in [0.1, 0.15) is 5.56 Å². The number of pyridine rings is 1. The molecule has 21 heavy (non-hydrogen) atoms. The van der Waals surface area contributed by atoms with Gasteiger partial charge in [0.05, 0.1) is 29.5 Å². The van der Waals surface area contributed by atoms with E-state index in [2.05, 4.69) is 21.7 Å². The number of benzene rings is 1. The van der Waals surface area contributed by atoms with Crippen LogP contribution in [-0.2, 0) is 6.42 Å². The van der Waals surface area contributed by atoms with E-state index < -0.39 is 4.92 Å². The van der Waals surface area contributed by atoms with Gasteiger partial charge in [0.1, 0.15) is 11.6 Å². The van der Waals surface area contributed by atoms with E-state index >= 15 is 0 Å². The van der Waals surface area contributed by atoms with Crippen molar-refractivity contribution in [2.24, 2.45) is 0 Å². The van der Waals surface area contributed by atoms with Crippen molar-refractivity contribution in [3.05, 3.63) is 52.1 Å². The standard InChI is InChI=1S/C14H13N5O2/c1-16-13-8-12(19(20)21)9-14(18-13)17-11-4-2-10(3-5-11)6-7-15/h2-5,8-9H,6H2,1H3,(H2,16,17,18). The Bertz CT molecular complexity index is 692. The maximum atomic E-state index is 10.9. The molecule has 0 radical (unpaired) electrons. The van der Waals surface area contributed by atoms with Gasteiger partial charge in [0.2, 0.25) is 0 Å². The van der Waals surface area contributed by atoms with Crippen molar-refractivity contribution in [3.8, 4) is 6.07 Å². The van der Waals surface area contributed by atoms with Crippen molar-refractivity contribution in [2.75, 3.05) is 17.7 Å². The molecule has 0 saturated carbocycles. The predicted octanol–water partition coefficient (Wildman–Crippen LogP) is 2.84. The Morgan fingerprint density at radius 2 is 1.95 bits per heavy atom. The maximum absolute atomic E-state index is 10.9. The average molecular weight is 283 g/mol. The summed E-state index contributed by atoms with van der Waals surface area (Å²) in [5.74, 6) is 0.786. The minimum absolute atomic E-state index is 0.0436. The van der Waals surface area contributed by atoms with E-state index in [1.807, 2.05) is 12.1 Å². The van der Waals surface area contributed by atoms with E-state index in [9.17, 15) is 10.1 Å². The molecule has 1 heterocycles. The highest BCUT2D eigenvalue weighted by Crippen LogP contribution is 2.23. The van der Waals surface area contributed by atoms with Crippen molar-refractivity contribution >= 4 is 23.0 Å². The Labute approximate surface area is 121 Å². The number of nitrogens with one attached hydrogen (secondary N) is 2. The molecule has 2 aromatic rings. The fraction of sp³-hybridized carbons (Fsp3) is 0.143. The zero-order chi connectivity index (χ0) is 15.2. The molecular weight excluding hydrogens is 270 g/mol. The Balaban J connectivity index is 2.24. The molecule has 0 fully saturated rings. The number of rotatable bonds is 5. The monoisotopic (exact) mass is 283 g/mol. The van der Waals surface area contributed by atoms with Gasteiger partial charge in [0.25, 0.3) is 5.69 Å². The molecule has 0 saturated heterocycles. The molecule has 0 bridgehead atoms. The first-order chi connectivity index (χ1) is 10.1. The van der Waals surface area contributed by atoms with Gasteiger partial charge in [0, 0.05) is 12.7 Å². The van der Waals surface area contributed by atoms with Gasteiger partial charge in [-0.25, -0.2) is 4.98 Å². The Morgan fingerprint density at radius 3 is 2.52 bits per heavy atom. The molecule has 1 aromatic heterocycles. The van der Waals surface area contributed by atoms with E-state index in [1.165, 1.54) is 12.1 Å². The topological polar surface area (TPSA) is 104 Å². The second-order valence-electron chi connectivity index (χ2n) is 4.26. The third kappa shape index (κ3) is 3.67. The first-order valence-electron chi connectivity index (χ1n) is 6.19. The first kappa shape index (κ1) is 14.3. The van der Waals surface area contributed by atoms with Crippen LogP contribution in [-0.4, -0.2) is 17.0 Å². The summed E-state index contributed by atoms with van der Waals surface area (Å²) >= 11 is 0. The molecule has 1 aromatic carbocycles. The lowest BCUT2D eigenvalue weighted by Crippen LogP contribution is -2.00. The van der Waals surface area contributed by atoms with Crippen LogP contribution in [0.2, 0.25) is 0 Å². The van der Waals surface area contributed by atoms with Gasteiger partial charge in [-0.3, -0.25) is 10.1 Å². The Kier molecular flexibility index (Phi) is 4.31. The van der Waals surface area contributed by atoms with E-state index in [4.69, 9.17) is 5.26 Å². The van der Waals surface area contributed by atoms with Crippen molar-refractivity contribution in [2.45, 2.75) is 6.42 Å². The third-order valence-corrected chi connectivity index (χ3v) is 2.79. The minimum Gasteiger partial charge on any atom is -0.373 e. The average Bonchev–Trinajstić information content (AvgIpc) is 2.49. The van der Waals surface area contributed by atoms with Crippen molar-refractivity contribution in [3.63, 3.8) is 0 Å². The summed E-state index contributed by atoms with van der Waals surface area (Å²) in [6.07, 6.45) is 0.346. The summed E-state index contributed by atoms with van der Waals surface area (Å²) in [5, 5.41) is 25.3. The summed E-state index contributed by atoms with van der Waals surface area (Å²) in [6, 6.07) is 12.0. The molecule has 0 aliphatic carbocycles. The highest BCUT2D eigenvalue weighted by molar-refractivity contribution is 5.62. The van der Waals surface area contributed by atoms with Gasteiger partial charge in [-0.2, -0.15) is 5.26 Å². The first-order valence-corrected chi connectivity index (χ1v) is 6.19. The lowest BCUT2D eigenvalue weighted by molar-refractivity contribution is -0.384. The molecule has 0 atom stereocenters. The summed E-state index contributed by atoms with van der Waals surface area (Å²) in [5.41, 5.74) is 1.61. The summed E-state index contributed by atoms with van der Waals surface area (Å²) in [7, 11) is 1.65. The molecule has 106 valence electrons. The third-order valence-electron chi connectivity index (χ3n) is 2.79. The normalized spacial score (nSPS) is 9.71. The number of hydrogen-bond acceptors (Lipinski definition) is 6. The highest BCUT2D eigenvalue weighted by atomic mass is 16.6. The molecule has 7 heteroatoms. The van der Waals surface area contributed by atoms with Crippen LogP contribution in [0.3, 0.4) is 0 Å². The highest BCUT2D eigenvalue weighted by Gasteiger charge is 2.10. The van der Waals surface area contributed by atoms with Crippen LogP contribution in [0, 0.1) is 21.4 Å². The second kappa shape index (κ2) is 6.34. The number of nitro groups is 1. The van der Waals surface area contributed by atoms with E-state index in [-0.39, 0.29) is 5.69 Å². The minimum atomic E-state index is -0.469. The molecule has 7 nitrogen and oxygen atoms in total. The number of nitriles is 1. The van der Waals surface area contributed by atoms with Crippen molar-refractivity contribution in [1.29, 1.82) is 5.26 Å². The number of nitrogens with zero attached hydrogens (tertiary/aromatic N) is 3. The van der Waals surface area contributed by atoms with Crippen LogP contribution in [0.25, 0.3) is 0 Å². The van der Waals surface area contributed by atoms with Crippen LogP contribution in [0.5, 0.6) is 0 Å². The zero-order valence-electron chi connectivity index (χ0n) is 11.3. The maximum Gasteiger partial charge on any atom is 0.276 e. The van der Waals surface area contributed by atoms with E-state index in [1.54, 1.807) is 19.2 Å². The fourth-order valence-electron chi connectivity index (χ4n) is 1.76. The SMILES string of the molecule is CNc1cc([N+](=O)[O-])cc(Nc2ccc(CC#N)cc2)n1. The predicted molar refractivity (Wildman–Crippen MR) is 79.5 cm³/mol. The number of hydrogen-bond donors (Lipinski definition) is 2. The molecular formula is C14H13N5O2. The lowest BCUT2D eigenvalue weighted by atomic mass is 10.1. The van der Waals surface area contributed by atoms with Gasteiger partial charge >= 0.3 is 0 Å². The molecule has 0 amide bonds. The summed E-state index contributed by atoms with van der Waals surface area (Å²) < 4.78 is 0. The molecule has 2 N–H and O–H groups in total. The molecule has 0 aliphatic rings. The van der Waals surface area contributed by atoms with Crippen LogP contribution < -0.4 is 10.6 Å². The van der Waals surface area contributed by atoms with Crippen LogP contribution in [0.15, 0.2) is 36.4 Å². The molecule has 0 unspecified atom stereocenters. The van der Waals surface area contributed by atoms with Gasteiger partial charge in [-0.15, -0.1) is 0 Å². The molecule has 0 aliphatic heterocycles. The zero-order valence-corrected chi connectivity index (χ0v) is 11.3. The van der Waals surface area contributed by atoms with Crippen molar-refractivity contribution in [1.82, 2.24) is 4.98 Å². The van der Waals surface area contributed by atoms with Gasteiger partial charge < -0.3 is 10.6 Å². The molecule has 0 spiro atoms. The van der Waals surface area contributed by atoms with Gasteiger partial charge in [-0.1, -0.05) is 12.1 Å². The molecule has 2 rings (SSSR count). The second-order valence-corrected chi connectivity index (χ2v) is 4.26. The number of anilines is 3. The summed E-state index contributed by atoms with van der Waals surface area (Å²) in [6.45, 7) is 0.